The van der Waals surface area contributed by atoms with Crippen molar-refractivity contribution in [1.82, 2.24) is 4.98 Å². The first kappa shape index (κ1) is 15.1. The van der Waals surface area contributed by atoms with Gasteiger partial charge in [0.2, 0.25) is 0 Å². The number of halogens is 4. The predicted octanol–water partition coefficient (Wildman–Crippen LogP) is 4.33. The smallest absolute Gasteiger partial charge is 0.373 e. The molecule has 21 heavy (non-hydrogen) atoms. The van der Waals surface area contributed by atoms with Crippen molar-refractivity contribution in [2.45, 2.75) is 13.1 Å². The van der Waals surface area contributed by atoms with E-state index >= 15 is 0 Å². The van der Waals surface area contributed by atoms with Crippen molar-refractivity contribution in [3.05, 3.63) is 47.3 Å². The Balaban J connectivity index is 2.39. The predicted molar refractivity (Wildman–Crippen MR) is 73.2 cm³/mol. The number of alkyl halides is 3. The van der Waals surface area contributed by atoms with Gasteiger partial charge in [-0.25, -0.2) is 9.37 Å². The highest BCUT2D eigenvalue weighted by Gasteiger charge is 2.31. The fraction of sp³-hybridized carbons (Fsp3) is 0.214. The molecule has 0 atom stereocenters. The van der Waals surface area contributed by atoms with E-state index in [2.05, 4.69) is 15.6 Å². The summed E-state index contributed by atoms with van der Waals surface area (Å²) in [6.07, 6.45) is -4.48. The Labute approximate surface area is 119 Å². The summed E-state index contributed by atoms with van der Waals surface area (Å²) >= 11 is 0. The van der Waals surface area contributed by atoms with Gasteiger partial charge in [-0.15, -0.1) is 0 Å². The van der Waals surface area contributed by atoms with E-state index in [-0.39, 0.29) is 11.6 Å². The molecule has 0 aliphatic carbocycles. The molecule has 2 N–H and O–H groups in total. The monoisotopic (exact) mass is 299 g/mol. The van der Waals surface area contributed by atoms with Gasteiger partial charge in [-0.1, -0.05) is 0 Å². The van der Waals surface area contributed by atoms with Gasteiger partial charge in [0, 0.05) is 12.7 Å². The molecule has 0 saturated heterocycles. The van der Waals surface area contributed by atoms with E-state index in [1.54, 1.807) is 13.0 Å². The molecule has 0 fully saturated rings. The lowest BCUT2D eigenvalue weighted by Gasteiger charge is -2.13. The first-order valence-electron chi connectivity index (χ1n) is 6.09. The molecule has 0 saturated carbocycles. The summed E-state index contributed by atoms with van der Waals surface area (Å²) in [7, 11) is 1.47. The zero-order valence-electron chi connectivity index (χ0n) is 11.3. The second kappa shape index (κ2) is 5.59. The molecule has 1 heterocycles. The molecule has 1 aromatic heterocycles. The summed E-state index contributed by atoms with van der Waals surface area (Å²) in [4.78, 5) is 3.98. The number of rotatable bonds is 3. The molecule has 0 spiro atoms. The standard InChI is InChI=1S/C14H13F4N3/c1-8-3-10(15)7-11(4-8)20-13-6-9(14(16,17)18)5-12(19-2)21-13/h3-7H,1-2H3,(H2,19,20,21). The van der Waals surface area contributed by atoms with Gasteiger partial charge in [0.15, 0.2) is 0 Å². The lowest BCUT2D eigenvalue weighted by molar-refractivity contribution is -0.137. The molecule has 0 bridgehead atoms. The van der Waals surface area contributed by atoms with Crippen molar-refractivity contribution >= 4 is 17.3 Å². The lowest BCUT2D eigenvalue weighted by atomic mass is 10.2. The van der Waals surface area contributed by atoms with E-state index in [0.717, 1.165) is 12.1 Å². The molecular weight excluding hydrogens is 286 g/mol. The Morgan fingerprint density at radius 2 is 1.67 bits per heavy atom. The van der Waals surface area contributed by atoms with Gasteiger partial charge in [-0.2, -0.15) is 13.2 Å². The van der Waals surface area contributed by atoms with E-state index in [1.807, 2.05) is 0 Å². The first-order chi connectivity index (χ1) is 9.77. The minimum Gasteiger partial charge on any atom is -0.373 e. The largest absolute Gasteiger partial charge is 0.416 e. The molecule has 2 rings (SSSR count). The third-order valence-electron chi connectivity index (χ3n) is 2.72. The summed E-state index contributed by atoms with van der Waals surface area (Å²) in [5.41, 5.74) is 0.150. The molecule has 3 nitrogen and oxygen atoms in total. The van der Waals surface area contributed by atoms with Gasteiger partial charge < -0.3 is 10.6 Å². The Morgan fingerprint density at radius 1 is 1.00 bits per heavy atom. The van der Waals surface area contributed by atoms with Crippen molar-refractivity contribution in [3.63, 3.8) is 0 Å². The second-order valence-electron chi connectivity index (χ2n) is 4.52. The Kier molecular flexibility index (Phi) is 4.02. The van der Waals surface area contributed by atoms with E-state index in [0.29, 0.717) is 11.3 Å². The fourth-order valence-corrected chi connectivity index (χ4v) is 1.84. The highest BCUT2D eigenvalue weighted by atomic mass is 19.4. The molecule has 1 aromatic carbocycles. The van der Waals surface area contributed by atoms with Gasteiger partial charge >= 0.3 is 6.18 Å². The van der Waals surface area contributed by atoms with E-state index in [9.17, 15) is 17.6 Å². The van der Waals surface area contributed by atoms with Crippen LogP contribution in [0.4, 0.5) is 34.9 Å². The highest BCUT2D eigenvalue weighted by molar-refractivity contribution is 5.60. The molecule has 0 radical (unpaired) electrons. The van der Waals surface area contributed by atoms with Crippen molar-refractivity contribution in [1.29, 1.82) is 0 Å². The van der Waals surface area contributed by atoms with Crippen LogP contribution in [-0.2, 0) is 6.18 Å². The van der Waals surface area contributed by atoms with Crippen molar-refractivity contribution in [2.24, 2.45) is 0 Å². The van der Waals surface area contributed by atoms with Crippen LogP contribution in [0.15, 0.2) is 30.3 Å². The summed E-state index contributed by atoms with van der Waals surface area (Å²) in [5.74, 6) is -0.419. The normalized spacial score (nSPS) is 11.3. The van der Waals surface area contributed by atoms with Gasteiger partial charge in [-0.05, 0) is 42.8 Å². The minimum atomic E-state index is -4.48. The average Bonchev–Trinajstić information content (AvgIpc) is 2.36. The quantitative estimate of drug-likeness (QED) is 0.828. The van der Waals surface area contributed by atoms with Crippen LogP contribution in [0, 0.1) is 12.7 Å². The Bertz CT molecular complexity index is 633. The summed E-state index contributed by atoms with van der Waals surface area (Å²) < 4.78 is 51.7. The number of nitrogens with zero attached hydrogens (tertiary/aromatic N) is 1. The summed E-state index contributed by atoms with van der Waals surface area (Å²) in [6.45, 7) is 1.69. The molecule has 0 unspecified atom stereocenters. The maximum absolute atomic E-state index is 13.3. The average molecular weight is 299 g/mol. The van der Waals surface area contributed by atoms with Crippen molar-refractivity contribution in [2.75, 3.05) is 17.7 Å². The number of pyridine rings is 1. The van der Waals surface area contributed by atoms with E-state index in [1.165, 1.54) is 19.2 Å². The van der Waals surface area contributed by atoms with Gasteiger partial charge in [0.1, 0.15) is 17.5 Å². The van der Waals surface area contributed by atoms with Crippen LogP contribution in [0.3, 0.4) is 0 Å². The van der Waals surface area contributed by atoms with Crippen LogP contribution in [0.2, 0.25) is 0 Å². The van der Waals surface area contributed by atoms with Gasteiger partial charge in [-0.3, -0.25) is 0 Å². The molecular formula is C14H13F4N3. The zero-order valence-corrected chi connectivity index (χ0v) is 11.3. The second-order valence-corrected chi connectivity index (χ2v) is 4.52. The fourth-order valence-electron chi connectivity index (χ4n) is 1.84. The SMILES string of the molecule is CNc1cc(C(F)(F)F)cc(Nc2cc(C)cc(F)c2)n1. The Morgan fingerprint density at radius 3 is 2.24 bits per heavy atom. The molecule has 2 aromatic rings. The third-order valence-corrected chi connectivity index (χ3v) is 2.72. The van der Waals surface area contributed by atoms with E-state index < -0.39 is 17.6 Å². The van der Waals surface area contributed by atoms with Crippen molar-refractivity contribution < 1.29 is 17.6 Å². The summed E-state index contributed by atoms with van der Waals surface area (Å²) in [6, 6.07) is 5.91. The first-order valence-corrected chi connectivity index (χ1v) is 6.09. The van der Waals surface area contributed by atoms with Crippen LogP contribution in [0.5, 0.6) is 0 Å². The van der Waals surface area contributed by atoms with Crippen molar-refractivity contribution in [3.8, 4) is 0 Å². The number of nitrogens with one attached hydrogen (secondary N) is 2. The number of hydrogen-bond donors (Lipinski definition) is 2. The Hall–Kier alpha value is -2.31. The highest BCUT2D eigenvalue weighted by Crippen LogP contribution is 2.32. The molecule has 0 amide bonds. The third kappa shape index (κ3) is 3.84. The number of anilines is 3. The number of hydrogen-bond acceptors (Lipinski definition) is 3. The van der Waals surface area contributed by atoms with Crippen LogP contribution >= 0.6 is 0 Å². The molecule has 7 heteroatoms. The number of aromatic nitrogens is 1. The van der Waals surface area contributed by atoms with Gasteiger partial charge in [0.05, 0.1) is 5.56 Å². The number of aryl methyl sites for hydroxylation is 1. The van der Waals surface area contributed by atoms with Crippen LogP contribution < -0.4 is 10.6 Å². The maximum atomic E-state index is 13.3. The van der Waals surface area contributed by atoms with Crippen LogP contribution in [-0.4, -0.2) is 12.0 Å². The number of benzene rings is 1. The summed E-state index contributed by atoms with van der Waals surface area (Å²) in [5, 5.41) is 5.24. The zero-order chi connectivity index (χ0) is 15.6. The molecule has 0 aliphatic rings. The minimum absolute atomic E-state index is 0.0147. The van der Waals surface area contributed by atoms with Crippen LogP contribution in [0.25, 0.3) is 0 Å². The lowest BCUT2D eigenvalue weighted by Crippen LogP contribution is -2.08. The van der Waals surface area contributed by atoms with E-state index in [4.69, 9.17) is 0 Å². The topological polar surface area (TPSA) is 37.0 Å². The van der Waals surface area contributed by atoms with Gasteiger partial charge in [0.25, 0.3) is 0 Å². The van der Waals surface area contributed by atoms with Crippen LogP contribution in [0.1, 0.15) is 11.1 Å². The molecule has 112 valence electrons. The molecule has 0 aliphatic heterocycles. The maximum Gasteiger partial charge on any atom is 0.416 e.